The standard InChI is InChI=1S/C10H19N5O/c1-9-2-4-14(5-3-9)8-10-11-12-13-15(10)6-7-16/h9,16H,2-8H2,1H3. The van der Waals surface area contributed by atoms with E-state index in [-0.39, 0.29) is 6.61 Å². The molecule has 0 radical (unpaired) electrons. The van der Waals surface area contributed by atoms with Gasteiger partial charge >= 0.3 is 0 Å². The van der Waals surface area contributed by atoms with Gasteiger partial charge in [0.1, 0.15) is 0 Å². The van der Waals surface area contributed by atoms with Crippen LogP contribution >= 0.6 is 0 Å². The molecule has 1 saturated heterocycles. The van der Waals surface area contributed by atoms with Crippen molar-refractivity contribution in [2.24, 2.45) is 5.92 Å². The van der Waals surface area contributed by atoms with Crippen LogP contribution in [0.15, 0.2) is 0 Å². The van der Waals surface area contributed by atoms with Crippen molar-refractivity contribution in [2.45, 2.75) is 32.9 Å². The predicted molar refractivity (Wildman–Crippen MR) is 58.6 cm³/mol. The van der Waals surface area contributed by atoms with E-state index in [1.165, 1.54) is 12.8 Å². The van der Waals surface area contributed by atoms with Gasteiger partial charge in [0.25, 0.3) is 0 Å². The van der Waals surface area contributed by atoms with Crippen LogP contribution in [0.4, 0.5) is 0 Å². The lowest BCUT2D eigenvalue weighted by Crippen LogP contribution is -2.33. The van der Waals surface area contributed by atoms with Crippen molar-refractivity contribution in [1.29, 1.82) is 0 Å². The van der Waals surface area contributed by atoms with Gasteiger partial charge in [0.15, 0.2) is 5.82 Å². The molecule has 1 aliphatic heterocycles. The van der Waals surface area contributed by atoms with Gasteiger partial charge in [-0.1, -0.05) is 6.92 Å². The topological polar surface area (TPSA) is 67.1 Å². The fraction of sp³-hybridized carbons (Fsp3) is 0.900. The Morgan fingerprint density at radius 1 is 1.38 bits per heavy atom. The molecule has 0 atom stereocenters. The average molecular weight is 225 g/mol. The molecular formula is C10H19N5O. The minimum Gasteiger partial charge on any atom is -0.394 e. The number of aromatic nitrogens is 4. The molecule has 0 saturated carbocycles. The molecular weight excluding hydrogens is 206 g/mol. The Kier molecular flexibility index (Phi) is 3.84. The maximum Gasteiger partial charge on any atom is 0.165 e. The second kappa shape index (κ2) is 5.36. The number of aliphatic hydroxyl groups excluding tert-OH is 1. The number of rotatable bonds is 4. The van der Waals surface area contributed by atoms with Crippen LogP contribution in [0, 0.1) is 5.92 Å². The zero-order valence-corrected chi connectivity index (χ0v) is 9.71. The van der Waals surface area contributed by atoms with Gasteiger partial charge in [-0.05, 0) is 42.3 Å². The molecule has 1 fully saturated rings. The highest BCUT2D eigenvalue weighted by Gasteiger charge is 2.18. The molecule has 1 aromatic heterocycles. The van der Waals surface area contributed by atoms with Crippen molar-refractivity contribution in [3.05, 3.63) is 5.82 Å². The van der Waals surface area contributed by atoms with Crippen LogP contribution in [0.3, 0.4) is 0 Å². The van der Waals surface area contributed by atoms with E-state index in [2.05, 4.69) is 27.3 Å². The van der Waals surface area contributed by atoms with E-state index in [1.807, 2.05) is 0 Å². The molecule has 6 nitrogen and oxygen atoms in total. The molecule has 0 aromatic carbocycles. The highest BCUT2D eigenvalue weighted by Crippen LogP contribution is 2.17. The summed E-state index contributed by atoms with van der Waals surface area (Å²) in [7, 11) is 0. The predicted octanol–water partition coefficient (Wildman–Crippen LogP) is -0.103. The summed E-state index contributed by atoms with van der Waals surface area (Å²) < 4.78 is 1.68. The first-order valence-corrected chi connectivity index (χ1v) is 5.88. The SMILES string of the molecule is CC1CCN(Cc2nnnn2CCO)CC1. The van der Waals surface area contributed by atoms with Crippen LogP contribution < -0.4 is 0 Å². The normalized spacial score (nSPS) is 19.1. The van der Waals surface area contributed by atoms with Gasteiger partial charge < -0.3 is 5.11 Å². The first-order valence-electron chi connectivity index (χ1n) is 5.88. The molecule has 90 valence electrons. The van der Waals surface area contributed by atoms with Gasteiger partial charge in [-0.15, -0.1) is 5.10 Å². The van der Waals surface area contributed by atoms with Gasteiger partial charge in [-0.25, -0.2) is 4.68 Å². The quantitative estimate of drug-likeness (QED) is 0.775. The van der Waals surface area contributed by atoms with Crippen molar-refractivity contribution in [2.75, 3.05) is 19.7 Å². The molecule has 0 amide bonds. The summed E-state index contributed by atoms with van der Waals surface area (Å²) in [4.78, 5) is 2.37. The van der Waals surface area contributed by atoms with Crippen molar-refractivity contribution in [3.8, 4) is 0 Å². The highest BCUT2D eigenvalue weighted by atomic mass is 16.3. The molecule has 0 spiro atoms. The number of hydrogen-bond acceptors (Lipinski definition) is 5. The van der Waals surface area contributed by atoms with E-state index in [0.29, 0.717) is 6.54 Å². The third kappa shape index (κ3) is 2.76. The van der Waals surface area contributed by atoms with Crippen molar-refractivity contribution in [3.63, 3.8) is 0 Å². The van der Waals surface area contributed by atoms with Gasteiger partial charge in [0.05, 0.1) is 19.7 Å². The summed E-state index contributed by atoms with van der Waals surface area (Å²) in [6.07, 6.45) is 2.50. The summed E-state index contributed by atoms with van der Waals surface area (Å²) >= 11 is 0. The minimum absolute atomic E-state index is 0.0784. The second-order valence-corrected chi connectivity index (χ2v) is 4.50. The molecule has 0 bridgehead atoms. The maximum atomic E-state index is 8.87. The van der Waals surface area contributed by atoms with Gasteiger partial charge in [0, 0.05) is 0 Å². The van der Waals surface area contributed by atoms with Crippen LogP contribution in [-0.4, -0.2) is 49.9 Å². The molecule has 16 heavy (non-hydrogen) atoms. The lowest BCUT2D eigenvalue weighted by molar-refractivity contribution is 0.176. The number of likely N-dealkylation sites (tertiary alicyclic amines) is 1. The molecule has 1 N–H and O–H groups in total. The van der Waals surface area contributed by atoms with Crippen molar-refractivity contribution >= 4 is 0 Å². The molecule has 0 aliphatic carbocycles. The van der Waals surface area contributed by atoms with E-state index < -0.39 is 0 Å². The van der Waals surface area contributed by atoms with E-state index in [4.69, 9.17) is 5.11 Å². The number of nitrogens with zero attached hydrogens (tertiary/aromatic N) is 5. The Hall–Kier alpha value is -1.01. The first-order chi connectivity index (χ1) is 7.79. The monoisotopic (exact) mass is 225 g/mol. The fourth-order valence-electron chi connectivity index (χ4n) is 2.03. The van der Waals surface area contributed by atoms with Crippen LogP contribution in [-0.2, 0) is 13.1 Å². The van der Waals surface area contributed by atoms with Gasteiger partial charge in [-0.2, -0.15) is 0 Å². The largest absolute Gasteiger partial charge is 0.394 e. The van der Waals surface area contributed by atoms with E-state index in [1.54, 1.807) is 4.68 Å². The van der Waals surface area contributed by atoms with Crippen LogP contribution in [0.25, 0.3) is 0 Å². The summed E-state index contributed by atoms with van der Waals surface area (Å²) in [5, 5.41) is 20.4. The molecule has 1 aliphatic rings. The number of aliphatic hydroxyl groups is 1. The number of hydrogen-bond donors (Lipinski definition) is 1. The highest BCUT2D eigenvalue weighted by molar-refractivity contribution is 4.82. The Morgan fingerprint density at radius 3 is 2.81 bits per heavy atom. The first kappa shape index (κ1) is 11.5. The number of piperidine rings is 1. The summed E-state index contributed by atoms with van der Waals surface area (Å²) in [6.45, 7) is 5.88. The van der Waals surface area contributed by atoms with Crippen LogP contribution in [0.5, 0.6) is 0 Å². The zero-order valence-electron chi connectivity index (χ0n) is 9.71. The maximum absolute atomic E-state index is 8.87. The Labute approximate surface area is 95.2 Å². The van der Waals surface area contributed by atoms with E-state index >= 15 is 0 Å². The zero-order chi connectivity index (χ0) is 11.4. The third-order valence-corrected chi connectivity index (χ3v) is 3.16. The molecule has 6 heteroatoms. The Balaban J connectivity index is 1.90. The van der Waals surface area contributed by atoms with Crippen molar-refractivity contribution in [1.82, 2.24) is 25.1 Å². The van der Waals surface area contributed by atoms with Gasteiger partial charge in [0.2, 0.25) is 0 Å². The average Bonchev–Trinajstić information content (AvgIpc) is 2.70. The summed E-state index contributed by atoms with van der Waals surface area (Å²) in [6, 6.07) is 0. The Morgan fingerprint density at radius 2 is 2.12 bits per heavy atom. The Bertz CT molecular complexity index is 319. The molecule has 1 aromatic rings. The molecule has 0 unspecified atom stereocenters. The van der Waals surface area contributed by atoms with E-state index in [9.17, 15) is 0 Å². The summed E-state index contributed by atoms with van der Waals surface area (Å²) in [5.74, 6) is 1.69. The second-order valence-electron chi connectivity index (χ2n) is 4.50. The molecule has 2 heterocycles. The van der Waals surface area contributed by atoms with E-state index in [0.717, 1.165) is 31.4 Å². The van der Waals surface area contributed by atoms with Crippen molar-refractivity contribution < 1.29 is 5.11 Å². The lowest BCUT2D eigenvalue weighted by Gasteiger charge is -2.29. The summed E-state index contributed by atoms with van der Waals surface area (Å²) in [5.41, 5.74) is 0. The third-order valence-electron chi connectivity index (χ3n) is 3.16. The van der Waals surface area contributed by atoms with Crippen LogP contribution in [0.2, 0.25) is 0 Å². The fourth-order valence-corrected chi connectivity index (χ4v) is 2.03. The molecule has 2 rings (SSSR count). The minimum atomic E-state index is 0.0784. The van der Waals surface area contributed by atoms with Gasteiger partial charge in [-0.3, -0.25) is 4.90 Å². The lowest BCUT2D eigenvalue weighted by atomic mass is 9.99. The van der Waals surface area contributed by atoms with Crippen LogP contribution in [0.1, 0.15) is 25.6 Å². The smallest absolute Gasteiger partial charge is 0.165 e. The number of tetrazole rings is 1.